The van der Waals surface area contributed by atoms with E-state index in [0.717, 1.165) is 0 Å². The zero-order valence-corrected chi connectivity index (χ0v) is 11.9. The van der Waals surface area contributed by atoms with Crippen molar-refractivity contribution in [2.24, 2.45) is 0 Å². The largest absolute Gasteiger partial charge is 0.207 e. The molecular weight excluding hydrogens is 313 g/mol. The molecule has 0 aromatic heterocycles. The van der Waals surface area contributed by atoms with Crippen molar-refractivity contribution < 1.29 is 8.78 Å². The molecule has 2 rings (SSSR count). The van der Waals surface area contributed by atoms with Crippen molar-refractivity contribution in [2.75, 3.05) is 0 Å². The highest BCUT2D eigenvalue weighted by atomic mass is 35.6. The van der Waals surface area contributed by atoms with Crippen LogP contribution in [-0.2, 0) is 0 Å². The van der Waals surface area contributed by atoms with E-state index in [9.17, 15) is 8.78 Å². The predicted molar refractivity (Wildman–Crippen MR) is 74.9 cm³/mol. The van der Waals surface area contributed by atoms with Crippen molar-refractivity contribution in [1.29, 1.82) is 0 Å². The first kappa shape index (κ1) is 14.6. The van der Waals surface area contributed by atoms with Gasteiger partial charge in [0.25, 0.3) is 0 Å². The lowest BCUT2D eigenvalue weighted by atomic mass is 9.92. The highest BCUT2D eigenvalue weighted by molar-refractivity contribution is 6.68. The monoisotopic (exact) mass is 320 g/mol. The van der Waals surface area contributed by atoms with Crippen LogP contribution in [0.3, 0.4) is 0 Å². The van der Waals surface area contributed by atoms with E-state index in [4.69, 9.17) is 34.8 Å². The molecule has 1 atom stereocenters. The molecule has 2 aromatic rings. The Morgan fingerprint density at radius 2 is 1.42 bits per heavy atom. The van der Waals surface area contributed by atoms with Crippen LogP contribution in [0.1, 0.15) is 17.0 Å². The van der Waals surface area contributed by atoms with Gasteiger partial charge >= 0.3 is 0 Å². The molecule has 0 fully saturated rings. The van der Waals surface area contributed by atoms with Gasteiger partial charge in [-0.1, -0.05) is 65.1 Å². The maximum absolute atomic E-state index is 13.9. The van der Waals surface area contributed by atoms with Crippen LogP contribution in [0.4, 0.5) is 8.78 Å². The first-order chi connectivity index (χ1) is 8.89. The van der Waals surface area contributed by atoms with E-state index in [1.807, 2.05) is 0 Å². The van der Waals surface area contributed by atoms with E-state index < -0.39 is 21.3 Å². The molecule has 0 N–H and O–H groups in total. The van der Waals surface area contributed by atoms with Gasteiger partial charge in [-0.3, -0.25) is 0 Å². The van der Waals surface area contributed by atoms with Gasteiger partial charge in [-0.15, -0.1) is 0 Å². The van der Waals surface area contributed by atoms with Crippen LogP contribution in [0.2, 0.25) is 0 Å². The third-order valence-electron chi connectivity index (χ3n) is 2.75. The summed E-state index contributed by atoms with van der Waals surface area (Å²) in [5, 5.41) is 0. The molecule has 0 radical (unpaired) electrons. The van der Waals surface area contributed by atoms with Crippen molar-refractivity contribution in [2.45, 2.75) is 9.71 Å². The zero-order chi connectivity index (χ0) is 14.0. The predicted octanol–water partition coefficient (Wildman–Crippen LogP) is 5.47. The summed E-state index contributed by atoms with van der Waals surface area (Å²) >= 11 is 17.9. The molecule has 1 unspecified atom stereocenters. The minimum absolute atomic E-state index is 0.258. The van der Waals surface area contributed by atoms with E-state index in [2.05, 4.69) is 0 Å². The Balaban J connectivity index is 2.55. The molecule has 5 heteroatoms. The molecule has 0 bridgehead atoms. The molecule has 19 heavy (non-hydrogen) atoms. The van der Waals surface area contributed by atoms with E-state index in [-0.39, 0.29) is 5.56 Å². The average molecular weight is 322 g/mol. The van der Waals surface area contributed by atoms with Crippen LogP contribution < -0.4 is 0 Å². The van der Waals surface area contributed by atoms with Gasteiger partial charge in [0.1, 0.15) is 11.6 Å². The molecular formula is C14H9Cl3F2. The molecule has 0 aliphatic heterocycles. The summed E-state index contributed by atoms with van der Waals surface area (Å²) in [6, 6.07) is 11.5. The molecule has 0 aliphatic carbocycles. The van der Waals surface area contributed by atoms with Crippen LogP contribution in [0.15, 0.2) is 48.5 Å². The Kier molecular flexibility index (Phi) is 4.34. The molecule has 2 aromatic carbocycles. The van der Waals surface area contributed by atoms with Crippen LogP contribution >= 0.6 is 34.8 Å². The van der Waals surface area contributed by atoms with Gasteiger partial charge in [0.05, 0.1) is 5.92 Å². The second-order valence-electron chi connectivity index (χ2n) is 4.05. The minimum Gasteiger partial charge on any atom is -0.207 e. The number of halogens is 5. The molecule has 0 saturated carbocycles. The second-order valence-corrected chi connectivity index (χ2v) is 6.42. The third kappa shape index (κ3) is 3.38. The Morgan fingerprint density at radius 1 is 0.842 bits per heavy atom. The lowest BCUT2D eigenvalue weighted by Gasteiger charge is -2.25. The van der Waals surface area contributed by atoms with E-state index in [1.54, 1.807) is 18.2 Å². The third-order valence-corrected chi connectivity index (χ3v) is 3.40. The zero-order valence-electron chi connectivity index (χ0n) is 9.59. The quantitative estimate of drug-likeness (QED) is 0.644. The summed E-state index contributed by atoms with van der Waals surface area (Å²) in [6.45, 7) is 0. The van der Waals surface area contributed by atoms with Crippen molar-refractivity contribution in [3.63, 3.8) is 0 Å². The fourth-order valence-corrected chi connectivity index (χ4v) is 2.64. The van der Waals surface area contributed by atoms with Gasteiger partial charge in [-0.05, 0) is 29.3 Å². The first-order valence-corrected chi connectivity index (χ1v) is 6.59. The van der Waals surface area contributed by atoms with E-state index in [0.29, 0.717) is 5.56 Å². The normalized spacial score (nSPS) is 13.3. The maximum Gasteiger partial charge on any atom is 0.201 e. The molecule has 0 saturated heterocycles. The van der Waals surface area contributed by atoms with Crippen LogP contribution in [-0.4, -0.2) is 3.79 Å². The Labute approximate surface area is 124 Å². The number of hydrogen-bond acceptors (Lipinski definition) is 0. The van der Waals surface area contributed by atoms with Gasteiger partial charge in [0.2, 0.25) is 3.79 Å². The summed E-state index contributed by atoms with van der Waals surface area (Å²) in [4.78, 5) is 0. The number of alkyl halides is 3. The molecule has 0 aliphatic rings. The fraction of sp³-hybridized carbons (Fsp3) is 0.143. The van der Waals surface area contributed by atoms with Crippen LogP contribution in [0.25, 0.3) is 0 Å². The van der Waals surface area contributed by atoms with Gasteiger partial charge < -0.3 is 0 Å². The smallest absolute Gasteiger partial charge is 0.201 e. The van der Waals surface area contributed by atoms with Gasteiger partial charge in [-0.2, -0.15) is 0 Å². The summed E-state index contributed by atoms with van der Waals surface area (Å²) in [6.07, 6.45) is 0. The second kappa shape index (κ2) is 5.66. The number of hydrogen-bond donors (Lipinski definition) is 0. The van der Waals surface area contributed by atoms with Crippen LogP contribution in [0, 0.1) is 11.6 Å². The van der Waals surface area contributed by atoms with Gasteiger partial charge in [-0.25, -0.2) is 8.78 Å². The number of rotatable bonds is 2. The fourth-order valence-electron chi connectivity index (χ4n) is 1.91. The molecule has 100 valence electrons. The topological polar surface area (TPSA) is 0 Å². The summed E-state index contributed by atoms with van der Waals surface area (Å²) in [5.74, 6) is -1.68. The van der Waals surface area contributed by atoms with Crippen molar-refractivity contribution in [1.82, 2.24) is 0 Å². The first-order valence-electron chi connectivity index (χ1n) is 5.46. The van der Waals surface area contributed by atoms with Crippen molar-refractivity contribution in [3.8, 4) is 0 Å². The maximum atomic E-state index is 13.9. The minimum atomic E-state index is -1.74. The SMILES string of the molecule is Fc1ccc(C(c2ccccc2F)C(Cl)(Cl)Cl)cc1. The molecule has 0 nitrogen and oxygen atoms in total. The van der Waals surface area contributed by atoms with Crippen molar-refractivity contribution in [3.05, 3.63) is 71.3 Å². The Hall–Kier alpha value is -0.830. The van der Waals surface area contributed by atoms with Crippen molar-refractivity contribution >= 4 is 34.8 Å². The molecule has 0 amide bonds. The Morgan fingerprint density at radius 3 is 1.95 bits per heavy atom. The number of benzene rings is 2. The highest BCUT2D eigenvalue weighted by Gasteiger charge is 2.36. The average Bonchev–Trinajstić information content (AvgIpc) is 2.33. The summed E-state index contributed by atoms with van der Waals surface area (Å²) in [7, 11) is 0. The molecule has 0 heterocycles. The lowest BCUT2D eigenvalue weighted by Crippen LogP contribution is -2.19. The summed E-state index contributed by atoms with van der Waals surface area (Å²) in [5.41, 5.74) is 0.792. The van der Waals surface area contributed by atoms with Gasteiger partial charge in [0, 0.05) is 0 Å². The highest BCUT2D eigenvalue weighted by Crippen LogP contribution is 2.46. The van der Waals surface area contributed by atoms with Gasteiger partial charge in [0.15, 0.2) is 0 Å². The summed E-state index contributed by atoms with van der Waals surface area (Å²) < 4.78 is 25.1. The Bertz CT molecular complexity index is 562. The molecule has 0 spiro atoms. The van der Waals surface area contributed by atoms with E-state index >= 15 is 0 Å². The standard InChI is InChI=1S/C14H9Cl3F2/c15-14(16,17)13(9-5-7-10(18)8-6-9)11-3-1-2-4-12(11)19/h1-8,13H. The van der Waals surface area contributed by atoms with E-state index in [1.165, 1.54) is 30.3 Å². The van der Waals surface area contributed by atoms with Crippen LogP contribution in [0.5, 0.6) is 0 Å². The lowest BCUT2D eigenvalue weighted by molar-refractivity contribution is 0.596.